The fraction of sp³-hybridized carbons (Fsp3) is 0.433. The SMILES string of the molecule is COc1ccc(OC)c(CN(Sc2c(C)cc(N3CC(C)(C4CCN(C)C4)C3)c(Cl)c2F)c2cccc(F)n2)c1. The summed E-state index contributed by atoms with van der Waals surface area (Å²) < 4.78 is 42.9. The normalized spacial score (nSPS) is 18.5. The van der Waals surface area contributed by atoms with Gasteiger partial charge in [-0.1, -0.05) is 24.6 Å². The lowest BCUT2D eigenvalue weighted by Crippen LogP contribution is -2.59. The zero-order chi connectivity index (χ0) is 28.6. The third-order valence-corrected chi connectivity index (χ3v) is 9.69. The van der Waals surface area contributed by atoms with Crippen molar-refractivity contribution in [3.63, 3.8) is 0 Å². The second kappa shape index (κ2) is 11.6. The highest BCUT2D eigenvalue weighted by Gasteiger charge is 2.47. The van der Waals surface area contributed by atoms with E-state index in [0.717, 1.165) is 54.9 Å². The van der Waals surface area contributed by atoms with E-state index in [2.05, 4.69) is 28.8 Å². The van der Waals surface area contributed by atoms with Gasteiger partial charge in [0.25, 0.3) is 0 Å². The van der Waals surface area contributed by atoms with Gasteiger partial charge in [-0.15, -0.1) is 0 Å². The molecule has 5 rings (SSSR count). The molecule has 0 amide bonds. The number of rotatable bonds is 9. The quantitative estimate of drug-likeness (QED) is 0.200. The number of likely N-dealkylation sites (tertiary alicyclic amines) is 1. The smallest absolute Gasteiger partial charge is 0.214 e. The lowest BCUT2D eigenvalue weighted by Gasteiger charge is -2.53. The Hall–Kier alpha value is -2.75. The van der Waals surface area contributed by atoms with Crippen molar-refractivity contribution in [3.8, 4) is 11.5 Å². The molecular formula is C30H35ClF2N4O2S. The van der Waals surface area contributed by atoms with Crippen LogP contribution in [0.4, 0.5) is 20.3 Å². The molecule has 0 saturated carbocycles. The van der Waals surface area contributed by atoms with E-state index in [1.165, 1.54) is 12.5 Å². The van der Waals surface area contributed by atoms with Crippen molar-refractivity contribution < 1.29 is 18.3 Å². The number of anilines is 2. The maximum absolute atomic E-state index is 16.0. The van der Waals surface area contributed by atoms with E-state index in [9.17, 15) is 4.39 Å². The zero-order valence-corrected chi connectivity index (χ0v) is 25.1. The topological polar surface area (TPSA) is 41.1 Å². The average Bonchev–Trinajstić information content (AvgIpc) is 3.37. The number of benzene rings is 2. The van der Waals surface area contributed by atoms with Crippen molar-refractivity contribution >= 4 is 35.1 Å². The van der Waals surface area contributed by atoms with Crippen molar-refractivity contribution in [1.82, 2.24) is 9.88 Å². The maximum atomic E-state index is 16.0. The number of hydrogen-bond acceptors (Lipinski definition) is 7. The first kappa shape index (κ1) is 28.8. The van der Waals surface area contributed by atoms with Gasteiger partial charge in [0.1, 0.15) is 22.3 Å². The van der Waals surface area contributed by atoms with Crippen LogP contribution in [-0.2, 0) is 6.54 Å². The van der Waals surface area contributed by atoms with Gasteiger partial charge in [0.2, 0.25) is 5.95 Å². The lowest BCUT2D eigenvalue weighted by atomic mass is 9.70. The Kier molecular flexibility index (Phi) is 8.36. The minimum atomic E-state index is -0.624. The van der Waals surface area contributed by atoms with Crippen molar-refractivity contribution in [3.05, 3.63) is 70.4 Å². The molecule has 0 spiro atoms. The zero-order valence-electron chi connectivity index (χ0n) is 23.5. The van der Waals surface area contributed by atoms with E-state index in [4.69, 9.17) is 21.1 Å². The van der Waals surface area contributed by atoms with E-state index in [1.807, 2.05) is 19.1 Å². The molecule has 1 aromatic heterocycles. The molecule has 40 heavy (non-hydrogen) atoms. The van der Waals surface area contributed by atoms with E-state index in [-0.39, 0.29) is 17.0 Å². The molecule has 3 heterocycles. The van der Waals surface area contributed by atoms with Gasteiger partial charge in [-0.3, -0.25) is 4.31 Å². The Morgan fingerprint density at radius 2 is 1.93 bits per heavy atom. The van der Waals surface area contributed by atoms with Crippen LogP contribution in [0.25, 0.3) is 0 Å². The molecule has 2 aliphatic heterocycles. The molecule has 2 aromatic carbocycles. The van der Waals surface area contributed by atoms with Crippen LogP contribution in [0.15, 0.2) is 47.4 Å². The van der Waals surface area contributed by atoms with Gasteiger partial charge < -0.3 is 19.3 Å². The average molecular weight is 589 g/mol. The number of aromatic nitrogens is 1. The summed E-state index contributed by atoms with van der Waals surface area (Å²) in [5.41, 5.74) is 2.44. The Labute approximate surface area is 244 Å². The highest BCUT2D eigenvalue weighted by Crippen LogP contribution is 2.48. The number of nitrogens with zero attached hydrogens (tertiary/aromatic N) is 4. The summed E-state index contributed by atoms with van der Waals surface area (Å²) in [5.74, 6) is 1.13. The lowest BCUT2D eigenvalue weighted by molar-refractivity contribution is 0.139. The minimum Gasteiger partial charge on any atom is -0.497 e. The summed E-state index contributed by atoms with van der Waals surface area (Å²) >= 11 is 7.82. The predicted molar refractivity (Wildman–Crippen MR) is 158 cm³/mol. The van der Waals surface area contributed by atoms with Gasteiger partial charge in [0.05, 0.1) is 31.3 Å². The van der Waals surface area contributed by atoms with Gasteiger partial charge in [-0.05, 0) is 86.8 Å². The van der Waals surface area contributed by atoms with Crippen molar-refractivity contribution in [1.29, 1.82) is 0 Å². The fourth-order valence-electron chi connectivity index (χ4n) is 5.79. The molecule has 3 aromatic rings. The van der Waals surface area contributed by atoms with Crippen LogP contribution >= 0.6 is 23.5 Å². The standard InChI is InChI=1S/C30H35ClF2N4O2S/c1-19-13-23(36-17-30(2,18-36)21-11-12-35(3)16-21)27(31)28(33)29(19)40-37(26-8-6-7-25(32)34-26)15-20-14-22(38-4)9-10-24(20)39-5/h6-10,13-14,21H,11-12,15-18H2,1-5H3. The van der Waals surface area contributed by atoms with Crippen molar-refractivity contribution in [2.75, 3.05) is 56.7 Å². The summed E-state index contributed by atoms with van der Waals surface area (Å²) in [4.78, 5) is 8.99. The minimum absolute atomic E-state index is 0.102. The van der Waals surface area contributed by atoms with Gasteiger partial charge in [0, 0.05) is 30.6 Å². The number of halogens is 3. The van der Waals surface area contributed by atoms with Crippen molar-refractivity contribution in [2.45, 2.75) is 31.7 Å². The number of pyridine rings is 1. The molecule has 214 valence electrons. The highest BCUT2D eigenvalue weighted by atomic mass is 35.5. The van der Waals surface area contributed by atoms with E-state index < -0.39 is 11.8 Å². The summed E-state index contributed by atoms with van der Waals surface area (Å²) in [7, 11) is 5.33. The Morgan fingerprint density at radius 1 is 1.15 bits per heavy atom. The number of aryl methyl sites for hydroxylation is 1. The largest absolute Gasteiger partial charge is 0.497 e. The van der Waals surface area contributed by atoms with Crippen molar-refractivity contribution in [2.24, 2.45) is 11.3 Å². The first-order chi connectivity index (χ1) is 19.1. The first-order valence-corrected chi connectivity index (χ1v) is 14.5. The van der Waals surface area contributed by atoms with Crippen LogP contribution in [0.2, 0.25) is 5.02 Å². The molecule has 2 aliphatic rings. The Morgan fingerprint density at radius 3 is 2.58 bits per heavy atom. The monoisotopic (exact) mass is 588 g/mol. The van der Waals surface area contributed by atoms with Crippen LogP contribution in [0.5, 0.6) is 11.5 Å². The van der Waals surface area contributed by atoms with E-state index in [1.54, 1.807) is 42.8 Å². The molecule has 1 atom stereocenters. The van der Waals surface area contributed by atoms with E-state index >= 15 is 4.39 Å². The summed E-state index contributed by atoms with van der Waals surface area (Å²) in [6.45, 7) is 8.38. The Bertz CT molecular complexity index is 1390. The second-order valence-electron chi connectivity index (χ2n) is 11.1. The van der Waals surface area contributed by atoms with Gasteiger partial charge in [-0.25, -0.2) is 9.37 Å². The molecular weight excluding hydrogens is 554 g/mol. The fourth-order valence-corrected chi connectivity index (χ4v) is 7.12. The second-order valence-corrected chi connectivity index (χ2v) is 12.5. The summed E-state index contributed by atoms with van der Waals surface area (Å²) in [6, 6.07) is 11.9. The van der Waals surface area contributed by atoms with Gasteiger partial charge >= 0.3 is 0 Å². The molecule has 0 aliphatic carbocycles. The maximum Gasteiger partial charge on any atom is 0.214 e. The van der Waals surface area contributed by atoms with Crippen LogP contribution in [-0.4, -0.2) is 57.3 Å². The summed E-state index contributed by atoms with van der Waals surface area (Å²) in [5, 5.41) is 0.102. The molecule has 2 saturated heterocycles. The van der Waals surface area contributed by atoms with E-state index in [0.29, 0.717) is 28.1 Å². The van der Waals surface area contributed by atoms with Crippen LogP contribution in [0.3, 0.4) is 0 Å². The molecule has 2 fully saturated rings. The molecule has 0 bridgehead atoms. The molecule has 0 radical (unpaired) electrons. The number of ether oxygens (including phenoxy) is 2. The van der Waals surface area contributed by atoms with Crippen LogP contribution in [0.1, 0.15) is 24.5 Å². The molecule has 10 heteroatoms. The molecule has 0 N–H and O–H groups in total. The third-order valence-electron chi connectivity index (χ3n) is 8.11. The third kappa shape index (κ3) is 5.69. The number of methoxy groups -OCH3 is 2. The first-order valence-electron chi connectivity index (χ1n) is 13.3. The Balaban J connectivity index is 1.43. The van der Waals surface area contributed by atoms with Gasteiger partial charge in [-0.2, -0.15) is 4.39 Å². The summed E-state index contributed by atoms with van der Waals surface area (Å²) in [6.07, 6.45) is 1.19. The highest BCUT2D eigenvalue weighted by molar-refractivity contribution is 8.00. The molecule has 1 unspecified atom stereocenters. The van der Waals surface area contributed by atoms with Gasteiger partial charge in [0.15, 0.2) is 5.82 Å². The molecule has 6 nitrogen and oxygen atoms in total. The van der Waals surface area contributed by atoms with Crippen LogP contribution < -0.4 is 18.7 Å². The predicted octanol–water partition coefficient (Wildman–Crippen LogP) is 6.83. The van der Waals surface area contributed by atoms with Crippen LogP contribution in [0, 0.1) is 30.0 Å². The number of hydrogen-bond donors (Lipinski definition) is 0.